The number of amides is 2. The van der Waals surface area contributed by atoms with Crippen molar-refractivity contribution in [2.24, 2.45) is 5.92 Å². The number of nitrogens with zero attached hydrogens (tertiary/aromatic N) is 1. The second-order valence-electron chi connectivity index (χ2n) is 5.88. The molecule has 124 valence electrons. The Kier molecular flexibility index (Phi) is 5.26. The molecule has 0 spiro atoms. The van der Waals surface area contributed by atoms with E-state index in [0.717, 1.165) is 5.76 Å². The average molecular weight is 318 g/mol. The van der Waals surface area contributed by atoms with Crippen LogP contribution in [0.1, 0.15) is 35.9 Å². The minimum Gasteiger partial charge on any atom is -0.464 e. The Morgan fingerprint density at radius 2 is 2.00 bits per heavy atom. The Labute approximate surface area is 135 Å². The van der Waals surface area contributed by atoms with E-state index in [1.165, 1.54) is 6.26 Å². The number of furan rings is 2. The van der Waals surface area contributed by atoms with Crippen molar-refractivity contribution in [2.45, 2.75) is 33.4 Å². The molecule has 1 N–H and O–H groups in total. The molecule has 0 saturated carbocycles. The molecular formula is C17H22N2O4. The van der Waals surface area contributed by atoms with E-state index in [2.05, 4.69) is 5.32 Å². The average Bonchev–Trinajstić information content (AvgIpc) is 3.15. The fourth-order valence-electron chi connectivity index (χ4n) is 2.25. The predicted octanol–water partition coefficient (Wildman–Crippen LogP) is 2.59. The molecule has 6 heteroatoms. The zero-order chi connectivity index (χ0) is 17.0. The van der Waals surface area contributed by atoms with Crippen molar-refractivity contribution < 1.29 is 18.4 Å². The molecule has 0 saturated heterocycles. The van der Waals surface area contributed by atoms with Crippen molar-refractivity contribution in [1.82, 2.24) is 10.2 Å². The second kappa shape index (κ2) is 7.17. The molecular weight excluding hydrogens is 296 g/mol. The molecule has 6 nitrogen and oxygen atoms in total. The molecule has 2 heterocycles. The highest BCUT2D eigenvalue weighted by atomic mass is 16.3. The number of likely N-dealkylation sites (N-methyl/N-ethyl adjacent to an activating group) is 1. The fraction of sp³-hybridized carbons (Fsp3) is 0.412. The molecule has 2 amide bonds. The zero-order valence-electron chi connectivity index (χ0n) is 13.8. The van der Waals surface area contributed by atoms with Gasteiger partial charge in [-0.15, -0.1) is 0 Å². The summed E-state index contributed by atoms with van der Waals surface area (Å²) in [7, 11) is 1.69. The molecule has 0 fully saturated rings. The van der Waals surface area contributed by atoms with Gasteiger partial charge in [0.2, 0.25) is 5.91 Å². The Morgan fingerprint density at radius 3 is 2.52 bits per heavy atom. The Morgan fingerprint density at radius 1 is 1.26 bits per heavy atom. The summed E-state index contributed by atoms with van der Waals surface area (Å²) in [6, 6.07) is 6.25. The van der Waals surface area contributed by atoms with Gasteiger partial charge in [-0.05, 0) is 37.1 Å². The van der Waals surface area contributed by atoms with Crippen LogP contribution in [0, 0.1) is 12.8 Å². The van der Waals surface area contributed by atoms with E-state index < -0.39 is 11.9 Å². The van der Waals surface area contributed by atoms with Crippen LogP contribution in [-0.4, -0.2) is 29.8 Å². The third-order valence-corrected chi connectivity index (χ3v) is 3.53. The summed E-state index contributed by atoms with van der Waals surface area (Å²) < 4.78 is 10.6. The van der Waals surface area contributed by atoms with Gasteiger partial charge in [-0.2, -0.15) is 0 Å². The van der Waals surface area contributed by atoms with E-state index in [0.29, 0.717) is 12.3 Å². The number of nitrogens with one attached hydrogen (secondary N) is 1. The van der Waals surface area contributed by atoms with E-state index in [-0.39, 0.29) is 17.6 Å². The summed E-state index contributed by atoms with van der Waals surface area (Å²) in [5.74, 6) is 1.07. The predicted molar refractivity (Wildman–Crippen MR) is 84.7 cm³/mol. The molecule has 0 radical (unpaired) electrons. The van der Waals surface area contributed by atoms with Gasteiger partial charge in [0, 0.05) is 7.05 Å². The van der Waals surface area contributed by atoms with Crippen LogP contribution in [0.4, 0.5) is 0 Å². The van der Waals surface area contributed by atoms with E-state index in [1.807, 2.05) is 32.9 Å². The van der Waals surface area contributed by atoms with Gasteiger partial charge in [0.25, 0.3) is 5.91 Å². The lowest BCUT2D eigenvalue weighted by molar-refractivity contribution is -0.133. The minimum atomic E-state index is -0.631. The summed E-state index contributed by atoms with van der Waals surface area (Å²) in [6.07, 6.45) is 1.42. The molecule has 1 atom stereocenters. The van der Waals surface area contributed by atoms with Crippen LogP contribution in [0.2, 0.25) is 0 Å². The third kappa shape index (κ3) is 4.25. The van der Waals surface area contributed by atoms with Crippen molar-refractivity contribution in [2.75, 3.05) is 7.05 Å². The summed E-state index contributed by atoms with van der Waals surface area (Å²) >= 11 is 0. The van der Waals surface area contributed by atoms with Crippen molar-refractivity contribution >= 4 is 11.8 Å². The lowest BCUT2D eigenvalue weighted by Gasteiger charge is -2.26. The Hall–Kier alpha value is -2.50. The standard InChI is InChI=1S/C17H22N2O4/c1-11(2)15(18-16(20)14-6-5-9-22-14)17(21)19(4)10-13-8-7-12(3)23-13/h5-9,11,15H,10H2,1-4H3,(H,18,20). The van der Waals surface area contributed by atoms with Gasteiger partial charge in [0.05, 0.1) is 12.8 Å². The van der Waals surface area contributed by atoms with Gasteiger partial charge >= 0.3 is 0 Å². The summed E-state index contributed by atoms with van der Waals surface area (Å²) in [6.45, 7) is 5.98. The Balaban J connectivity index is 2.04. The molecule has 2 aromatic rings. The minimum absolute atomic E-state index is 0.0535. The first-order valence-corrected chi connectivity index (χ1v) is 7.53. The first kappa shape index (κ1) is 16.9. The van der Waals surface area contributed by atoms with Crippen LogP contribution in [0.25, 0.3) is 0 Å². The maximum absolute atomic E-state index is 12.6. The zero-order valence-corrected chi connectivity index (χ0v) is 13.8. The summed E-state index contributed by atoms with van der Waals surface area (Å²) in [5.41, 5.74) is 0. The molecule has 0 aromatic carbocycles. The molecule has 1 unspecified atom stereocenters. The van der Waals surface area contributed by atoms with Gasteiger partial charge in [0.1, 0.15) is 17.6 Å². The van der Waals surface area contributed by atoms with Crippen LogP contribution < -0.4 is 5.32 Å². The summed E-state index contributed by atoms with van der Waals surface area (Å²) in [5, 5.41) is 2.74. The SMILES string of the molecule is Cc1ccc(CN(C)C(=O)C(NC(=O)c2ccco2)C(C)C)o1. The number of hydrogen-bond acceptors (Lipinski definition) is 4. The first-order chi connectivity index (χ1) is 10.9. The number of carbonyl (C=O) groups is 2. The van der Waals surface area contributed by atoms with E-state index in [1.54, 1.807) is 24.1 Å². The Bertz CT molecular complexity index is 658. The maximum Gasteiger partial charge on any atom is 0.287 e. The molecule has 0 bridgehead atoms. The van der Waals surface area contributed by atoms with Crippen LogP contribution in [0.15, 0.2) is 39.4 Å². The van der Waals surface area contributed by atoms with Gasteiger partial charge in [0.15, 0.2) is 5.76 Å². The highest BCUT2D eigenvalue weighted by Gasteiger charge is 2.28. The van der Waals surface area contributed by atoms with Gasteiger partial charge < -0.3 is 19.1 Å². The van der Waals surface area contributed by atoms with E-state index in [9.17, 15) is 9.59 Å². The highest BCUT2D eigenvalue weighted by molar-refractivity contribution is 5.95. The monoisotopic (exact) mass is 318 g/mol. The van der Waals surface area contributed by atoms with Gasteiger partial charge in [-0.25, -0.2) is 0 Å². The number of carbonyl (C=O) groups excluding carboxylic acids is 2. The number of hydrogen-bond donors (Lipinski definition) is 1. The largest absolute Gasteiger partial charge is 0.464 e. The van der Waals surface area contributed by atoms with Crippen molar-refractivity contribution in [3.8, 4) is 0 Å². The second-order valence-corrected chi connectivity index (χ2v) is 5.88. The molecule has 23 heavy (non-hydrogen) atoms. The van der Waals surface area contributed by atoms with E-state index in [4.69, 9.17) is 8.83 Å². The van der Waals surface area contributed by atoms with Crippen molar-refractivity contribution in [1.29, 1.82) is 0 Å². The molecule has 0 aliphatic rings. The van der Waals surface area contributed by atoms with Crippen LogP contribution in [-0.2, 0) is 11.3 Å². The highest BCUT2D eigenvalue weighted by Crippen LogP contribution is 2.12. The summed E-state index contributed by atoms with van der Waals surface area (Å²) in [4.78, 5) is 26.3. The topological polar surface area (TPSA) is 75.7 Å². The van der Waals surface area contributed by atoms with Crippen LogP contribution in [0.3, 0.4) is 0 Å². The lowest BCUT2D eigenvalue weighted by atomic mass is 10.0. The first-order valence-electron chi connectivity index (χ1n) is 7.53. The van der Waals surface area contributed by atoms with E-state index >= 15 is 0 Å². The number of aryl methyl sites for hydroxylation is 1. The van der Waals surface area contributed by atoms with Gasteiger partial charge in [-0.1, -0.05) is 13.8 Å². The lowest BCUT2D eigenvalue weighted by Crippen LogP contribution is -2.49. The maximum atomic E-state index is 12.6. The molecule has 2 rings (SSSR count). The van der Waals surface area contributed by atoms with Crippen LogP contribution in [0.5, 0.6) is 0 Å². The molecule has 0 aliphatic heterocycles. The van der Waals surface area contributed by atoms with Crippen molar-refractivity contribution in [3.63, 3.8) is 0 Å². The number of rotatable bonds is 6. The van der Waals surface area contributed by atoms with Crippen LogP contribution >= 0.6 is 0 Å². The smallest absolute Gasteiger partial charge is 0.287 e. The quantitative estimate of drug-likeness (QED) is 0.888. The molecule has 2 aromatic heterocycles. The van der Waals surface area contributed by atoms with Gasteiger partial charge in [-0.3, -0.25) is 9.59 Å². The van der Waals surface area contributed by atoms with Crippen molar-refractivity contribution in [3.05, 3.63) is 47.8 Å². The normalized spacial score (nSPS) is 12.2. The molecule has 0 aliphatic carbocycles. The third-order valence-electron chi connectivity index (χ3n) is 3.53. The fourth-order valence-corrected chi connectivity index (χ4v) is 2.25.